The molecule has 2 heterocycles. The lowest BCUT2D eigenvalue weighted by Gasteiger charge is -2.09. The molecular formula is C10H17N3O. The van der Waals surface area contributed by atoms with Crippen LogP contribution in [-0.4, -0.2) is 29.2 Å². The van der Waals surface area contributed by atoms with E-state index in [-0.39, 0.29) is 0 Å². The number of aromatic amines is 1. The first-order valence-electron chi connectivity index (χ1n) is 5.17. The van der Waals surface area contributed by atoms with Crippen LogP contribution in [0.5, 0.6) is 0 Å². The Morgan fingerprint density at radius 2 is 2.64 bits per heavy atom. The van der Waals surface area contributed by atoms with Crippen LogP contribution in [0.1, 0.15) is 24.2 Å². The van der Waals surface area contributed by atoms with Crippen LogP contribution < -0.4 is 5.32 Å². The number of nitrogens with one attached hydrogen (secondary N) is 2. The van der Waals surface area contributed by atoms with Crippen molar-refractivity contribution < 1.29 is 4.74 Å². The van der Waals surface area contributed by atoms with Crippen LogP contribution in [0.2, 0.25) is 0 Å². The third-order valence-electron chi connectivity index (χ3n) is 2.62. The predicted molar refractivity (Wildman–Crippen MR) is 54.0 cm³/mol. The minimum absolute atomic E-state index is 0.411. The van der Waals surface area contributed by atoms with Crippen molar-refractivity contribution in [3.05, 3.63) is 17.7 Å². The van der Waals surface area contributed by atoms with Crippen LogP contribution in [0.15, 0.2) is 6.33 Å². The second kappa shape index (κ2) is 4.57. The Labute approximate surface area is 84.1 Å². The Bertz CT molecular complexity index is 279. The van der Waals surface area contributed by atoms with Gasteiger partial charge in [0.25, 0.3) is 0 Å². The smallest absolute Gasteiger partial charge is 0.0925 e. The molecular weight excluding hydrogens is 178 g/mol. The summed E-state index contributed by atoms with van der Waals surface area (Å²) in [5, 5.41) is 3.36. The van der Waals surface area contributed by atoms with Crippen LogP contribution in [0.3, 0.4) is 0 Å². The molecule has 1 aliphatic heterocycles. The molecule has 1 aromatic rings. The molecule has 1 atom stereocenters. The number of hydrogen-bond acceptors (Lipinski definition) is 3. The molecule has 0 saturated carbocycles. The third kappa shape index (κ3) is 2.33. The summed E-state index contributed by atoms with van der Waals surface area (Å²) >= 11 is 0. The Kier molecular flexibility index (Phi) is 3.16. The van der Waals surface area contributed by atoms with Crippen LogP contribution in [0.4, 0.5) is 0 Å². The standard InChI is InChI=1S/C10H17N3O/c1-8-10(13-7-12-8)6-11-5-9-3-2-4-14-9/h7,9,11H,2-6H2,1H3,(H,12,13). The molecule has 0 bridgehead atoms. The van der Waals surface area contributed by atoms with E-state index in [1.54, 1.807) is 6.33 Å². The van der Waals surface area contributed by atoms with Crippen LogP contribution in [-0.2, 0) is 11.3 Å². The largest absolute Gasteiger partial charge is 0.377 e. The minimum atomic E-state index is 0.411. The van der Waals surface area contributed by atoms with E-state index in [0.717, 1.165) is 31.1 Å². The topological polar surface area (TPSA) is 49.9 Å². The number of aromatic nitrogens is 2. The fraction of sp³-hybridized carbons (Fsp3) is 0.700. The van der Waals surface area contributed by atoms with E-state index in [1.165, 1.54) is 12.8 Å². The summed E-state index contributed by atoms with van der Waals surface area (Å²) in [5.41, 5.74) is 2.24. The number of rotatable bonds is 4. The van der Waals surface area contributed by atoms with Crippen molar-refractivity contribution in [2.45, 2.75) is 32.4 Å². The summed E-state index contributed by atoms with van der Waals surface area (Å²) in [6.45, 7) is 4.73. The first kappa shape index (κ1) is 9.68. The summed E-state index contributed by atoms with van der Waals surface area (Å²) in [4.78, 5) is 7.29. The number of imidazole rings is 1. The van der Waals surface area contributed by atoms with Crippen molar-refractivity contribution in [1.29, 1.82) is 0 Å². The van der Waals surface area contributed by atoms with Gasteiger partial charge in [-0.05, 0) is 19.8 Å². The molecule has 2 N–H and O–H groups in total. The molecule has 0 aliphatic carbocycles. The Morgan fingerprint density at radius 1 is 1.71 bits per heavy atom. The van der Waals surface area contributed by atoms with Crippen LogP contribution >= 0.6 is 0 Å². The Hall–Kier alpha value is -0.870. The third-order valence-corrected chi connectivity index (χ3v) is 2.62. The SMILES string of the molecule is Cc1[nH]cnc1CNCC1CCCO1. The van der Waals surface area contributed by atoms with Gasteiger partial charge in [-0.2, -0.15) is 0 Å². The van der Waals surface area contributed by atoms with E-state index < -0.39 is 0 Å². The zero-order valence-corrected chi connectivity index (χ0v) is 8.55. The van der Waals surface area contributed by atoms with E-state index in [0.29, 0.717) is 6.10 Å². The highest BCUT2D eigenvalue weighted by Gasteiger charge is 2.14. The normalized spacial score (nSPS) is 21.6. The van der Waals surface area contributed by atoms with Gasteiger partial charge in [0.2, 0.25) is 0 Å². The van der Waals surface area contributed by atoms with E-state index in [4.69, 9.17) is 4.74 Å². The zero-order valence-electron chi connectivity index (χ0n) is 8.55. The van der Waals surface area contributed by atoms with Gasteiger partial charge in [-0.25, -0.2) is 4.98 Å². The first-order chi connectivity index (χ1) is 6.86. The number of H-pyrrole nitrogens is 1. The number of aryl methyl sites for hydroxylation is 1. The average Bonchev–Trinajstić information content (AvgIpc) is 2.78. The van der Waals surface area contributed by atoms with Gasteiger partial charge in [0, 0.05) is 25.4 Å². The molecule has 4 nitrogen and oxygen atoms in total. The fourth-order valence-corrected chi connectivity index (χ4v) is 1.72. The van der Waals surface area contributed by atoms with Crippen molar-refractivity contribution in [2.24, 2.45) is 0 Å². The molecule has 0 amide bonds. The molecule has 14 heavy (non-hydrogen) atoms. The van der Waals surface area contributed by atoms with Gasteiger partial charge < -0.3 is 15.0 Å². The number of hydrogen-bond donors (Lipinski definition) is 2. The summed E-state index contributed by atoms with van der Waals surface area (Å²) in [5.74, 6) is 0. The minimum Gasteiger partial charge on any atom is -0.377 e. The van der Waals surface area contributed by atoms with Crippen molar-refractivity contribution in [3.63, 3.8) is 0 Å². The van der Waals surface area contributed by atoms with Crippen molar-refractivity contribution in [1.82, 2.24) is 15.3 Å². The molecule has 78 valence electrons. The van der Waals surface area contributed by atoms with E-state index in [1.807, 2.05) is 6.92 Å². The van der Waals surface area contributed by atoms with Crippen molar-refractivity contribution >= 4 is 0 Å². The summed E-state index contributed by atoms with van der Waals surface area (Å²) in [6, 6.07) is 0. The van der Waals surface area contributed by atoms with Crippen molar-refractivity contribution in [2.75, 3.05) is 13.2 Å². The number of ether oxygens (including phenoxy) is 1. The monoisotopic (exact) mass is 195 g/mol. The molecule has 1 aromatic heterocycles. The van der Waals surface area contributed by atoms with Gasteiger partial charge in [-0.1, -0.05) is 0 Å². The van der Waals surface area contributed by atoms with Crippen LogP contribution in [0, 0.1) is 6.92 Å². The first-order valence-corrected chi connectivity index (χ1v) is 5.17. The number of nitrogens with zero attached hydrogens (tertiary/aromatic N) is 1. The second-order valence-electron chi connectivity index (χ2n) is 3.74. The molecule has 1 unspecified atom stereocenters. The zero-order chi connectivity index (χ0) is 9.80. The Balaban J connectivity index is 1.70. The van der Waals surface area contributed by atoms with Crippen molar-refractivity contribution in [3.8, 4) is 0 Å². The van der Waals surface area contributed by atoms with E-state index >= 15 is 0 Å². The average molecular weight is 195 g/mol. The molecule has 0 spiro atoms. The fourth-order valence-electron chi connectivity index (χ4n) is 1.72. The highest BCUT2D eigenvalue weighted by atomic mass is 16.5. The molecule has 2 rings (SSSR count). The van der Waals surface area contributed by atoms with Gasteiger partial charge in [-0.3, -0.25) is 0 Å². The summed E-state index contributed by atoms with van der Waals surface area (Å²) in [7, 11) is 0. The molecule has 1 aliphatic rings. The lowest BCUT2D eigenvalue weighted by Crippen LogP contribution is -2.26. The molecule has 1 saturated heterocycles. The molecule has 0 radical (unpaired) electrons. The lowest BCUT2D eigenvalue weighted by molar-refractivity contribution is 0.110. The maximum atomic E-state index is 5.51. The summed E-state index contributed by atoms with van der Waals surface area (Å²) in [6.07, 6.45) is 4.54. The van der Waals surface area contributed by atoms with Crippen LogP contribution in [0.25, 0.3) is 0 Å². The van der Waals surface area contributed by atoms with Gasteiger partial charge in [0.1, 0.15) is 0 Å². The second-order valence-corrected chi connectivity index (χ2v) is 3.74. The summed E-state index contributed by atoms with van der Waals surface area (Å²) < 4.78 is 5.51. The molecule has 4 heteroatoms. The Morgan fingerprint density at radius 3 is 3.29 bits per heavy atom. The molecule has 0 aromatic carbocycles. The lowest BCUT2D eigenvalue weighted by atomic mass is 10.2. The van der Waals surface area contributed by atoms with E-state index in [9.17, 15) is 0 Å². The maximum absolute atomic E-state index is 5.51. The highest BCUT2D eigenvalue weighted by molar-refractivity contribution is 5.07. The highest BCUT2D eigenvalue weighted by Crippen LogP contribution is 2.10. The maximum Gasteiger partial charge on any atom is 0.0925 e. The predicted octanol–water partition coefficient (Wildman–Crippen LogP) is 0.987. The van der Waals surface area contributed by atoms with Gasteiger partial charge >= 0.3 is 0 Å². The molecule has 1 fully saturated rings. The van der Waals surface area contributed by atoms with Gasteiger partial charge in [-0.15, -0.1) is 0 Å². The van der Waals surface area contributed by atoms with E-state index in [2.05, 4.69) is 15.3 Å². The van der Waals surface area contributed by atoms with Gasteiger partial charge in [0.15, 0.2) is 0 Å². The quantitative estimate of drug-likeness (QED) is 0.753. The van der Waals surface area contributed by atoms with Gasteiger partial charge in [0.05, 0.1) is 18.1 Å².